The molecule has 2 rings (SSSR count). The van der Waals surface area contributed by atoms with Crippen molar-refractivity contribution in [3.63, 3.8) is 0 Å². The number of halogens is 2. The number of rotatable bonds is 1. The van der Waals surface area contributed by atoms with E-state index in [1.165, 1.54) is 0 Å². The summed E-state index contributed by atoms with van der Waals surface area (Å²) in [6.07, 6.45) is 0.900. The highest BCUT2D eigenvalue weighted by atomic mass is 35.5. The zero-order valence-electron chi connectivity index (χ0n) is 9.56. The van der Waals surface area contributed by atoms with Crippen molar-refractivity contribution >= 4 is 34.2 Å². The second-order valence-electron chi connectivity index (χ2n) is 5.20. The average Bonchev–Trinajstić information content (AvgIpc) is 2.44. The zero-order chi connectivity index (χ0) is 11.9. The topological polar surface area (TPSA) is 28.7 Å². The van der Waals surface area contributed by atoms with Gasteiger partial charge in [-0.15, -0.1) is 0 Å². The third-order valence-corrected chi connectivity index (χ3v) is 2.99. The van der Waals surface area contributed by atoms with E-state index in [1.807, 2.05) is 6.07 Å². The van der Waals surface area contributed by atoms with E-state index in [-0.39, 0.29) is 5.41 Å². The lowest BCUT2D eigenvalue weighted by molar-refractivity contribution is 0.402. The molecule has 0 radical (unpaired) electrons. The number of hydrogen-bond donors (Lipinski definition) is 1. The molecule has 4 heteroatoms. The highest BCUT2D eigenvalue weighted by Crippen LogP contribution is 2.28. The Morgan fingerprint density at radius 3 is 2.44 bits per heavy atom. The first-order valence-electron chi connectivity index (χ1n) is 5.19. The standard InChI is InChI=1S/C12H14Cl2N2/c1-12(2,3)6-11-15-9-4-7(13)8(14)5-10(9)16-11/h4-5H,6H2,1-3H3,(H,15,16). The van der Waals surface area contributed by atoms with Crippen molar-refractivity contribution < 1.29 is 0 Å². The second kappa shape index (κ2) is 3.94. The van der Waals surface area contributed by atoms with Gasteiger partial charge in [-0.25, -0.2) is 4.98 Å². The van der Waals surface area contributed by atoms with Gasteiger partial charge in [0.2, 0.25) is 0 Å². The predicted octanol–water partition coefficient (Wildman–Crippen LogP) is 4.46. The maximum Gasteiger partial charge on any atom is 0.107 e. The van der Waals surface area contributed by atoms with E-state index in [0.29, 0.717) is 10.0 Å². The highest BCUT2D eigenvalue weighted by Gasteiger charge is 2.14. The highest BCUT2D eigenvalue weighted by molar-refractivity contribution is 6.42. The molecule has 1 heterocycles. The van der Waals surface area contributed by atoms with Gasteiger partial charge in [0, 0.05) is 6.42 Å². The van der Waals surface area contributed by atoms with Crippen molar-refractivity contribution in [3.8, 4) is 0 Å². The van der Waals surface area contributed by atoms with Crippen LogP contribution in [0.4, 0.5) is 0 Å². The summed E-state index contributed by atoms with van der Waals surface area (Å²) in [5.41, 5.74) is 2.02. The number of hydrogen-bond acceptors (Lipinski definition) is 1. The first-order chi connectivity index (χ1) is 7.35. The molecule has 0 aliphatic heterocycles. The van der Waals surface area contributed by atoms with Gasteiger partial charge >= 0.3 is 0 Å². The number of nitrogens with zero attached hydrogens (tertiary/aromatic N) is 1. The fraction of sp³-hybridized carbons (Fsp3) is 0.417. The van der Waals surface area contributed by atoms with E-state index in [9.17, 15) is 0 Å². The molecule has 0 spiro atoms. The molecule has 0 aliphatic carbocycles. The third-order valence-electron chi connectivity index (χ3n) is 2.27. The van der Waals surface area contributed by atoms with Crippen LogP contribution >= 0.6 is 23.2 Å². The van der Waals surface area contributed by atoms with E-state index in [2.05, 4.69) is 30.7 Å². The molecule has 2 aromatic rings. The normalized spacial score (nSPS) is 12.3. The second-order valence-corrected chi connectivity index (χ2v) is 6.02. The van der Waals surface area contributed by atoms with Crippen LogP contribution in [-0.2, 0) is 6.42 Å². The third kappa shape index (κ3) is 2.50. The fourth-order valence-electron chi connectivity index (χ4n) is 1.64. The van der Waals surface area contributed by atoms with Crippen LogP contribution in [-0.4, -0.2) is 9.97 Å². The zero-order valence-corrected chi connectivity index (χ0v) is 11.1. The molecule has 0 aliphatic rings. The summed E-state index contributed by atoms with van der Waals surface area (Å²) in [6.45, 7) is 6.54. The molecule has 1 aromatic heterocycles. The van der Waals surface area contributed by atoms with Gasteiger partial charge in [0.05, 0.1) is 21.1 Å². The van der Waals surface area contributed by atoms with Crippen molar-refractivity contribution in [2.75, 3.05) is 0 Å². The van der Waals surface area contributed by atoms with Crippen LogP contribution in [0.3, 0.4) is 0 Å². The number of imidazole rings is 1. The minimum atomic E-state index is 0.210. The lowest BCUT2D eigenvalue weighted by atomic mass is 9.92. The Bertz CT molecular complexity index is 485. The minimum Gasteiger partial charge on any atom is -0.342 e. The Morgan fingerprint density at radius 2 is 1.81 bits per heavy atom. The van der Waals surface area contributed by atoms with Gasteiger partial charge < -0.3 is 4.98 Å². The fourth-order valence-corrected chi connectivity index (χ4v) is 1.97. The average molecular weight is 257 g/mol. The van der Waals surface area contributed by atoms with Crippen molar-refractivity contribution in [1.29, 1.82) is 0 Å². The number of aromatic amines is 1. The molecular weight excluding hydrogens is 243 g/mol. The van der Waals surface area contributed by atoms with Gasteiger partial charge in [-0.05, 0) is 17.5 Å². The molecule has 0 saturated carbocycles. The molecule has 0 unspecified atom stereocenters. The van der Waals surface area contributed by atoms with Crippen LogP contribution in [0.15, 0.2) is 12.1 Å². The Morgan fingerprint density at radius 1 is 1.19 bits per heavy atom. The quantitative estimate of drug-likeness (QED) is 0.802. The van der Waals surface area contributed by atoms with Crippen molar-refractivity contribution in [2.24, 2.45) is 5.41 Å². The lowest BCUT2D eigenvalue weighted by Gasteiger charge is -2.15. The molecule has 0 amide bonds. The van der Waals surface area contributed by atoms with Gasteiger partial charge in [-0.3, -0.25) is 0 Å². The van der Waals surface area contributed by atoms with Gasteiger partial charge in [-0.2, -0.15) is 0 Å². The summed E-state index contributed by atoms with van der Waals surface area (Å²) in [5.74, 6) is 0.973. The van der Waals surface area contributed by atoms with Gasteiger partial charge in [0.15, 0.2) is 0 Å². The van der Waals surface area contributed by atoms with Crippen LogP contribution < -0.4 is 0 Å². The summed E-state index contributed by atoms with van der Waals surface area (Å²) in [4.78, 5) is 7.77. The molecular formula is C12H14Cl2N2. The van der Waals surface area contributed by atoms with E-state index < -0.39 is 0 Å². The molecule has 0 saturated heterocycles. The van der Waals surface area contributed by atoms with Crippen LogP contribution in [0.1, 0.15) is 26.6 Å². The predicted molar refractivity (Wildman–Crippen MR) is 69.3 cm³/mol. The number of benzene rings is 1. The summed E-state index contributed by atoms with van der Waals surface area (Å²) in [6, 6.07) is 3.61. The van der Waals surface area contributed by atoms with Gasteiger partial charge in [0.1, 0.15) is 5.82 Å². The van der Waals surface area contributed by atoms with Crippen LogP contribution in [0, 0.1) is 5.41 Å². The smallest absolute Gasteiger partial charge is 0.107 e. The van der Waals surface area contributed by atoms with Crippen LogP contribution in [0.25, 0.3) is 11.0 Å². The maximum absolute atomic E-state index is 5.95. The molecule has 16 heavy (non-hydrogen) atoms. The monoisotopic (exact) mass is 256 g/mol. The van der Waals surface area contributed by atoms with Crippen molar-refractivity contribution in [3.05, 3.63) is 28.0 Å². The summed E-state index contributed by atoms with van der Waals surface area (Å²) in [5, 5.41) is 1.10. The Balaban J connectivity index is 2.44. The number of aromatic nitrogens is 2. The Labute approximate surface area is 105 Å². The molecule has 1 N–H and O–H groups in total. The number of fused-ring (bicyclic) bond motifs is 1. The summed E-state index contributed by atoms with van der Waals surface area (Å²) >= 11 is 11.9. The van der Waals surface area contributed by atoms with E-state index in [0.717, 1.165) is 23.3 Å². The summed E-state index contributed by atoms with van der Waals surface area (Å²) in [7, 11) is 0. The SMILES string of the molecule is CC(C)(C)Cc1nc2cc(Cl)c(Cl)cc2[nH]1. The van der Waals surface area contributed by atoms with Gasteiger partial charge in [0.25, 0.3) is 0 Å². The number of nitrogens with one attached hydrogen (secondary N) is 1. The van der Waals surface area contributed by atoms with Gasteiger partial charge in [-0.1, -0.05) is 44.0 Å². The molecule has 0 atom stereocenters. The van der Waals surface area contributed by atoms with E-state index in [4.69, 9.17) is 23.2 Å². The lowest BCUT2D eigenvalue weighted by Crippen LogP contribution is -2.10. The van der Waals surface area contributed by atoms with E-state index in [1.54, 1.807) is 6.07 Å². The largest absolute Gasteiger partial charge is 0.342 e. The summed E-state index contributed by atoms with van der Waals surface area (Å²) < 4.78 is 0. The molecule has 2 nitrogen and oxygen atoms in total. The molecule has 0 fully saturated rings. The Hall–Kier alpha value is -0.730. The van der Waals surface area contributed by atoms with E-state index >= 15 is 0 Å². The number of H-pyrrole nitrogens is 1. The minimum absolute atomic E-state index is 0.210. The maximum atomic E-state index is 5.95. The van der Waals surface area contributed by atoms with Crippen molar-refractivity contribution in [2.45, 2.75) is 27.2 Å². The molecule has 86 valence electrons. The Kier molecular flexibility index (Phi) is 2.89. The molecule has 1 aromatic carbocycles. The molecule has 0 bridgehead atoms. The van der Waals surface area contributed by atoms with Crippen LogP contribution in [0.2, 0.25) is 10.0 Å². The van der Waals surface area contributed by atoms with Crippen LogP contribution in [0.5, 0.6) is 0 Å². The van der Waals surface area contributed by atoms with Crippen molar-refractivity contribution in [1.82, 2.24) is 9.97 Å². The first-order valence-corrected chi connectivity index (χ1v) is 5.94. The first kappa shape index (κ1) is 11.7.